The smallest absolute Gasteiger partial charge is 0.242 e. The Morgan fingerprint density at radius 1 is 0.392 bits per heavy atom. The van der Waals surface area contributed by atoms with Crippen LogP contribution in [0.3, 0.4) is 0 Å². The fourth-order valence-electron chi connectivity index (χ4n) is 11.6. The Bertz CT molecular complexity index is 3150. The molecule has 6 heterocycles. The van der Waals surface area contributed by atoms with E-state index in [1.807, 2.05) is 0 Å². The highest BCUT2D eigenvalue weighted by atomic mass is 14.9. The first-order valence-corrected chi connectivity index (χ1v) is 18.4. The van der Waals surface area contributed by atoms with Gasteiger partial charge in [-0.3, -0.25) is 0 Å². The summed E-state index contributed by atoms with van der Waals surface area (Å²) in [4.78, 5) is 0. The van der Waals surface area contributed by atoms with Crippen molar-refractivity contribution in [2.45, 2.75) is 38.5 Å². The Labute approximate surface area is 295 Å². The molecule has 4 aromatic heterocycles. The Morgan fingerprint density at radius 3 is 1.29 bits per heavy atom. The van der Waals surface area contributed by atoms with Gasteiger partial charge in [-0.05, 0) is 46.5 Å². The van der Waals surface area contributed by atoms with Crippen LogP contribution in [-0.2, 0) is 10.8 Å². The average Bonchev–Trinajstić information content (AvgIpc) is 3.88. The fourth-order valence-corrected chi connectivity index (χ4v) is 11.6. The molecular weight excluding hydrogens is 615 g/mol. The second-order valence-electron chi connectivity index (χ2n) is 16.4. The van der Waals surface area contributed by atoms with E-state index in [0.29, 0.717) is 0 Å². The first-order chi connectivity index (χ1) is 24.9. The summed E-state index contributed by atoms with van der Waals surface area (Å²) >= 11 is 0. The van der Waals surface area contributed by atoms with E-state index in [9.17, 15) is 0 Å². The van der Waals surface area contributed by atoms with Crippen molar-refractivity contribution in [3.8, 4) is 0 Å². The highest BCUT2D eigenvalue weighted by Gasteiger charge is 2.49. The first-order valence-electron chi connectivity index (χ1n) is 18.4. The van der Waals surface area contributed by atoms with Crippen molar-refractivity contribution in [3.05, 3.63) is 150 Å². The first kappa shape index (κ1) is 27.0. The van der Waals surface area contributed by atoms with Crippen molar-refractivity contribution in [3.63, 3.8) is 0 Å². The molecular formula is C48H33BN2. The van der Waals surface area contributed by atoms with Crippen LogP contribution < -0.4 is 16.4 Å². The number of nitrogens with zero attached hydrogens (tertiary/aromatic N) is 2. The summed E-state index contributed by atoms with van der Waals surface area (Å²) in [6.07, 6.45) is 0. The van der Waals surface area contributed by atoms with E-state index in [4.69, 9.17) is 0 Å². The Balaban J connectivity index is 1.21. The molecule has 0 atom stereocenters. The number of hydrogen-bond donors (Lipinski definition) is 0. The standard InChI is InChI=1S/C48H33BN2/c1-47(2)32-18-11-19-33-44(32)49(34-22-24-38-40(42(34)47)30-16-9-14-28-26-12-5-7-20-36(26)50(38)45(28)30)35-23-25-39-41(43(35)48(33,3)4)31-17-10-15-29-27-13-6-8-21-37(27)51(39)46(29)31/h5-25H,1-4H3. The lowest BCUT2D eigenvalue weighted by Gasteiger charge is -2.47. The van der Waals surface area contributed by atoms with Crippen molar-refractivity contribution in [1.29, 1.82) is 0 Å². The van der Waals surface area contributed by atoms with Gasteiger partial charge in [0.05, 0.1) is 33.1 Å². The van der Waals surface area contributed by atoms with Crippen LogP contribution in [0, 0.1) is 0 Å². The lowest BCUT2D eigenvalue weighted by Crippen LogP contribution is -2.66. The zero-order valence-electron chi connectivity index (χ0n) is 29.1. The largest absolute Gasteiger partial charge is 0.308 e. The molecule has 0 aliphatic carbocycles. The van der Waals surface area contributed by atoms with E-state index in [-0.39, 0.29) is 17.5 Å². The van der Waals surface area contributed by atoms with Crippen LogP contribution >= 0.6 is 0 Å². The molecule has 0 unspecified atom stereocenters. The second-order valence-corrected chi connectivity index (χ2v) is 16.4. The molecule has 0 saturated heterocycles. The molecule has 13 rings (SSSR count). The van der Waals surface area contributed by atoms with Crippen LogP contribution in [0.1, 0.15) is 49.9 Å². The molecule has 0 bridgehead atoms. The minimum Gasteiger partial charge on any atom is -0.308 e. The van der Waals surface area contributed by atoms with Gasteiger partial charge in [0.25, 0.3) is 0 Å². The zero-order chi connectivity index (χ0) is 33.7. The Kier molecular flexibility index (Phi) is 4.44. The summed E-state index contributed by atoms with van der Waals surface area (Å²) in [5, 5.41) is 10.9. The highest BCUT2D eigenvalue weighted by Crippen LogP contribution is 2.49. The van der Waals surface area contributed by atoms with Gasteiger partial charge in [-0.2, -0.15) is 0 Å². The minimum atomic E-state index is -0.183. The lowest BCUT2D eigenvalue weighted by atomic mass is 9.27. The third-order valence-electron chi connectivity index (χ3n) is 13.5. The molecule has 0 saturated carbocycles. The number of hydrogen-bond acceptors (Lipinski definition) is 0. The van der Waals surface area contributed by atoms with Gasteiger partial charge < -0.3 is 8.80 Å². The summed E-state index contributed by atoms with van der Waals surface area (Å²) in [6, 6.07) is 48.8. The average molecular weight is 649 g/mol. The predicted octanol–water partition coefficient (Wildman–Crippen LogP) is 9.78. The van der Waals surface area contributed by atoms with E-state index >= 15 is 0 Å². The fraction of sp³-hybridized carbons (Fsp3) is 0.125. The van der Waals surface area contributed by atoms with Crippen LogP contribution in [0.4, 0.5) is 0 Å². The van der Waals surface area contributed by atoms with Crippen molar-refractivity contribution >= 4 is 99.3 Å². The van der Waals surface area contributed by atoms with Crippen LogP contribution in [-0.4, -0.2) is 15.5 Å². The zero-order valence-corrected chi connectivity index (χ0v) is 29.1. The summed E-state index contributed by atoms with van der Waals surface area (Å²) in [6.45, 7) is 10.1. The maximum absolute atomic E-state index is 2.54. The van der Waals surface area contributed by atoms with E-state index in [0.717, 1.165) is 0 Å². The van der Waals surface area contributed by atoms with Crippen LogP contribution in [0.2, 0.25) is 0 Å². The summed E-state index contributed by atoms with van der Waals surface area (Å²) in [5.41, 5.74) is 17.9. The van der Waals surface area contributed by atoms with Crippen molar-refractivity contribution in [2.24, 2.45) is 0 Å². The van der Waals surface area contributed by atoms with Crippen LogP contribution in [0.25, 0.3) is 76.2 Å². The second kappa shape index (κ2) is 8.38. The maximum Gasteiger partial charge on any atom is 0.242 e. The van der Waals surface area contributed by atoms with Crippen molar-refractivity contribution < 1.29 is 0 Å². The van der Waals surface area contributed by atoms with E-state index in [1.54, 1.807) is 0 Å². The van der Waals surface area contributed by atoms with Crippen LogP contribution in [0.5, 0.6) is 0 Å². The van der Waals surface area contributed by atoms with Gasteiger partial charge in [-0.15, -0.1) is 0 Å². The molecule has 51 heavy (non-hydrogen) atoms. The van der Waals surface area contributed by atoms with Gasteiger partial charge >= 0.3 is 0 Å². The van der Waals surface area contributed by atoms with Gasteiger partial charge in [0.15, 0.2) is 0 Å². The summed E-state index contributed by atoms with van der Waals surface area (Å²) in [5.74, 6) is 0. The van der Waals surface area contributed by atoms with Gasteiger partial charge in [-0.1, -0.05) is 147 Å². The third kappa shape index (κ3) is 2.78. The van der Waals surface area contributed by atoms with Crippen molar-refractivity contribution in [2.75, 3.05) is 0 Å². The molecule has 0 radical (unpaired) electrons. The number of fused-ring (bicyclic) bond motifs is 18. The quantitative estimate of drug-likeness (QED) is 0.145. The third-order valence-corrected chi connectivity index (χ3v) is 13.5. The van der Waals surface area contributed by atoms with Crippen LogP contribution in [0.15, 0.2) is 127 Å². The SMILES string of the molecule is CC1(C)c2cccc3c2B(c2ccc4c(c21)c1cccc2c5ccccc5n4c21)c1ccc2c(c1C3(C)C)c1cccc3c4ccccc4n2c31. The molecule has 3 heteroatoms. The molecule has 0 fully saturated rings. The molecule has 2 nitrogen and oxygen atoms in total. The van der Waals surface area contributed by atoms with Gasteiger partial charge in [0.1, 0.15) is 0 Å². The normalized spacial score (nSPS) is 16.1. The molecule has 7 aromatic carbocycles. The number of rotatable bonds is 0. The lowest BCUT2D eigenvalue weighted by molar-refractivity contribution is 0.628. The molecule has 0 amide bonds. The number of para-hydroxylation sites is 4. The van der Waals surface area contributed by atoms with E-state index < -0.39 is 0 Å². The van der Waals surface area contributed by atoms with E-state index in [1.165, 1.54) is 115 Å². The molecule has 2 aliphatic heterocycles. The van der Waals surface area contributed by atoms with Gasteiger partial charge in [-0.25, -0.2) is 0 Å². The van der Waals surface area contributed by atoms with Gasteiger partial charge in [0, 0.05) is 53.9 Å². The molecule has 238 valence electrons. The highest BCUT2D eigenvalue weighted by molar-refractivity contribution is 6.98. The van der Waals surface area contributed by atoms with Gasteiger partial charge in [0.2, 0.25) is 6.71 Å². The molecule has 0 spiro atoms. The maximum atomic E-state index is 2.54. The van der Waals surface area contributed by atoms with Crippen molar-refractivity contribution in [1.82, 2.24) is 8.80 Å². The molecule has 11 aromatic rings. The number of benzene rings is 7. The molecule has 0 N–H and O–H groups in total. The molecule has 2 aliphatic rings. The Morgan fingerprint density at radius 2 is 0.804 bits per heavy atom. The predicted molar refractivity (Wildman–Crippen MR) is 218 cm³/mol. The monoisotopic (exact) mass is 648 g/mol. The minimum absolute atomic E-state index is 0.157. The Hall–Kier alpha value is -5.80. The van der Waals surface area contributed by atoms with E-state index in [2.05, 4.69) is 164 Å². The summed E-state index contributed by atoms with van der Waals surface area (Å²) < 4.78 is 5.09. The number of aromatic nitrogens is 2. The topological polar surface area (TPSA) is 8.82 Å². The summed E-state index contributed by atoms with van der Waals surface area (Å²) in [7, 11) is 0.